The average Bonchev–Trinajstić information content (AvgIpc) is 3.15. The highest BCUT2D eigenvalue weighted by Gasteiger charge is 2.33. The van der Waals surface area contributed by atoms with Gasteiger partial charge in [-0.05, 0) is 68.1 Å². The van der Waals surface area contributed by atoms with E-state index in [0.717, 1.165) is 5.56 Å². The van der Waals surface area contributed by atoms with Gasteiger partial charge in [0.2, 0.25) is 5.91 Å². The summed E-state index contributed by atoms with van der Waals surface area (Å²) < 4.78 is 17.2. The van der Waals surface area contributed by atoms with Crippen LogP contribution >= 0.6 is 0 Å². The number of methoxy groups -OCH3 is 2. The third-order valence-electron chi connectivity index (χ3n) is 8.96. The lowest BCUT2D eigenvalue weighted by atomic mass is 10.0. The van der Waals surface area contributed by atoms with Crippen LogP contribution in [-0.2, 0) is 16.0 Å². The number of aromatic nitrogens is 3. The zero-order valence-corrected chi connectivity index (χ0v) is 30.7. The van der Waals surface area contributed by atoms with Crippen molar-refractivity contribution >= 4 is 23.6 Å². The number of pyridine rings is 1. The third-order valence-corrected chi connectivity index (χ3v) is 8.96. The van der Waals surface area contributed by atoms with E-state index in [1.165, 1.54) is 24.3 Å². The zero-order valence-electron chi connectivity index (χ0n) is 30.7. The summed E-state index contributed by atoms with van der Waals surface area (Å²) >= 11 is 0. The van der Waals surface area contributed by atoms with E-state index in [0.29, 0.717) is 35.0 Å². The molecule has 3 N–H and O–H groups in total. The van der Waals surface area contributed by atoms with Crippen molar-refractivity contribution < 1.29 is 33.4 Å². The molecule has 278 valence electrons. The van der Waals surface area contributed by atoms with Crippen LogP contribution < -0.4 is 30.2 Å². The summed E-state index contributed by atoms with van der Waals surface area (Å²) in [5.74, 6) is -0.578. The van der Waals surface area contributed by atoms with Crippen LogP contribution in [0.25, 0.3) is 11.4 Å². The second-order valence-electron chi connectivity index (χ2n) is 13.1. The molecule has 4 aromatic rings. The van der Waals surface area contributed by atoms with Crippen LogP contribution in [0.1, 0.15) is 52.7 Å². The SMILES string of the molecule is COc1ccccc1CCNC(=O)[C@@H]1Oc2cc(ccc2OC)C(=O)N[C@@H](C(C)C)CN(C(=O)c2cnc(-c3cccnc3)nc2C)CC(=O)N[C@H]1C. The van der Waals surface area contributed by atoms with Crippen molar-refractivity contribution in [3.8, 4) is 28.6 Å². The maximum Gasteiger partial charge on any atom is 0.263 e. The average molecular weight is 724 g/mol. The molecule has 0 saturated carbocycles. The predicted octanol–water partition coefficient (Wildman–Crippen LogP) is 3.39. The first-order valence-electron chi connectivity index (χ1n) is 17.4. The maximum atomic E-state index is 14.2. The largest absolute Gasteiger partial charge is 0.496 e. The normalized spacial score (nSPS) is 17.9. The molecule has 3 atom stereocenters. The molecule has 4 amide bonds. The lowest BCUT2D eigenvalue weighted by molar-refractivity contribution is -0.130. The molecule has 53 heavy (non-hydrogen) atoms. The Morgan fingerprint density at radius 1 is 1.00 bits per heavy atom. The molecule has 2 aromatic carbocycles. The maximum absolute atomic E-state index is 14.2. The number of amides is 4. The van der Waals surface area contributed by atoms with Crippen LogP contribution in [0.15, 0.2) is 73.2 Å². The lowest BCUT2D eigenvalue weighted by Crippen LogP contribution is -2.55. The van der Waals surface area contributed by atoms with Gasteiger partial charge < -0.3 is 35.1 Å². The van der Waals surface area contributed by atoms with Gasteiger partial charge >= 0.3 is 0 Å². The summed E-state index contributed by atoms with van der Waals surface area (Å²) in [6.07, 6.45) is 3.92. The number of hydrogen-bond acceptors (Lipinski definition) is 10. The fourth-order valence-corrected chi connectivity index (χ4v) is 5.92. The minimum absolute atomic E-state index is 0.000211. The topological polar surface area (TPSA) is 174 Å². The molecule has 2 bridgehead atoms. The molecule has 2 aromatic heterocycles. The van der Waals surface area contributed by atoms with Crippen LogP contribution in [0.2, 0.25) is 0 Å². The van der Waals surface area contributed by atoms with E-state index in [9.17, 15) is 19.2 Å². The van der Waals surface area contributed by atoms with Crippen molar-refractivity contribution in [3.05, 3.63) is 95.6 Å². The van der Waals surface area contributed by atoms with Crippen molar-refractivity contribution in [2.75, 3.05) is 33.9 Å². The van der Waals surface area contributed by atoms with Crippen molar-refractivity contribution in [3.63, 3.8) is 0 Å². The highest BCUT2D eigenvalue weighted by Crippen LogP contribution is 2.30. The first-order chi connectivity index (χ1) is 25.5. The van der Waals surface area contributed by atoms with E-state index < -0.39 is 41.8 Å². The molecule has 1 aliphatic rings. The summed E-state index contributed by atoms with van der Waals surface area (Å²) in [4.78, 5) is 69.9. The Morgan fingerprint density at radius 3 is 2.47 bits per heavy atom. The quantitative estimate of drug-likeness (QED) is 0.232. The first kappa shape index (κ1) is 38.2. The van der Waals surface area contributed by atoms with Gasteiger partial charge in [-0.3, -0.25) is 24.2 Å². The van der Waals surface area contributed by atoms with Gasteiger partial charge in [0.25, 0.3) is 17.7 Å². The molecular weight excluding hydrogens is 678 g/mol. The molecule has 5 rings (SSSR count). The number of carbonyl (C=O) groups is 4. The van der Waals surface area contributed by atoms with Crippen molar-refractivity contribution in [2.24, 2.45) is 5.92 Å². The number of benzene rings is 2. The van der Waals surface area contributed by atoms with Crippen molar-refractivity contribution in [1.82, 2.24) is 35.8 Å². The van der Waals surface area contributed by atoms with Gasteiger partial charge in [-0.2, -0.15) is 0 Å². The molecule has 1 aliphatic heterocycles. The molecule has 0 fully saturated rings. The van der Waals surface area contributed by atoms with Crippen molar-refractivity contribution in [2.45, 2.75) is 52.3 Å². The fraction of sp³-hybridized carbons (Fsp3) is 0.359. The van der Waals surface area contributed by atoms with E-state index in [1.807, 2.05) is 44.2 Å². The van der Waals surface area contributed by atoms with E-state index in [4.69, 9.17) is 14.2 Å². The van der Waals surface area contributed by atoms with Crippen LogP contribution in [0.4, 0.5) is 0 Å². The Labute approximate surface area is 308 Å². The second kappa shape index (κ2) is 17.4. The smallest absolute Gasteiger partial charge is 0.263 e. The van der Waals surface area contributed by atoms with E-state index in [-0.39, 0.29) is 42.4 Å². The highest BCUT2D eigenvalue weighted by atomic mass is 16.5. The van der Waals surface area contributed by atoms with Gasteiger partial charge in [0.15, 0.2) is 23.4 Å². The van der Waals surface area contributed by atoms with Gasteiger partial charge in [0.1, 0.15) is 5.75 Å². The second-order valence-corrected chi connectivity index (χ2v) is 13.1. The van der Waals surface area contributed by atoms with E-state index in [2.05, 4.69) is 30.9 Å². The third kappa shape index (κ3) is 9.44. The van der Waals surface area contributed by atoms with E-state index >= 15 is 0 Å². The monoisotopic (exact) mass is 723 g/mol. The highest BCUT2D eigenvalue weighted by molar-refractivity contribution is 5.98. The molecule has 3 heterocycles. The number of aryl methyl sites for hydroxylation is 1. The number of nitrogens with zero attached hydrogens (tertiary/aromatic N) is 4. The Hall–Kier alpha value is -6.05. The van der Waals surface area contributed by atoms with Crippen LogP contribution in [-0.4, -0.2) is 95.5 Å². The molecule has 14 nitrogen and oxygen atoms in total. The van der Waals surface area contributed by atoms with Crippen LogP contribution in [0, 0.1) is 12.8 Å². The number of rotatable bonds is 9. The molecule has 0 radical (unpaired) electrons. The van der Waals surface area contributed by atoms with Gasteiger partial charge in [0.05, 0.1) is 38.1 Å². The summed E-state index contributed by atoms with van der Waals surface area (Å²) in [6, 6.07) is 14.3. The molecule has 0 unspecified atom stereocenters. The first-order valence-corrected chi connectivity index (χ1v) is 17.4. The number of para-hydroxylation sites is 1. The number of ether oxygens (including phenoxy) is 3. The lowest BCUT2D eigenvalue weighted by Gasteiger charge is -2.32. The summed E-state index contributed by atoms with van der Waals surface area (Å²) in [5.41, 5.74) is 2.45. The van der Waals surface area contributed by atoms with Crippen LogP contribution in [0.5, 0.6) is 17.2 Å². The Bertz CT molecular complexity index is 1940. The Balaban J connectivity index is 1.45. The Kier molecular flexibility index (Phi) is 12.6. The summed E-state index contributed by atoms with van der Waals surface area (Å²) in [5, 5.41) is 8.79. The standard InChI is InChI=1S/C39H45N7O7/c1-23(2)30-21-46(39(50)29-20-42-36(44-24(29)3)28-11-9-16-40-19-28)22-34(47)43-25(4)35(38(49)41-17-15-26-10-7-8-12-31(26)51-5)53-33-18-27(37(48)45-30)13-14-32(33)52-6/h7-14,16,18-20,23,25,30,35H,15,17,21-22H2,1-6H3,(H,41,49)(H,43,47)(H,45,48)/t25-,30+,35+/m0/s1. The molecule has 0 spiro atoms. The number of carbonyl (C=O) groups excluding carboxylic acids is 4. The fourth-order valence-electron chi connectivity index (χ4n) is 5.92. The van der Waals surface area contributed by atoms with Crippen LogP contribution in [0.3, 0.4) is 0 Å². The van der Waals surface area contributed by atoms with Gasteiger partial charge in [-0.1, -0.05) is 32.0 Å². The molecule has 0 aliphatic carbocycles. The minimum Gasteiger partial charge on any atom is -0.496 e. The zero-order chi connectivity index (χ0) is 38.1. The van der Waals surface area contributed by atoms with E-state index in [1.54, 1.807) is 51.6 Å². The van der Waals surface area contributed by atoms with Gasteiger partial charge in [-0.25, -0.2) is 9.97 Å². The number of nitrogens with one attached hydrogen (secondary N) is 3. The predicted molar refractivity (Wildman–Crippen MR) is 197 cm³/mol. The molecule has 0 saturated heterocycles. The van der Waals surface area contributed by atoms with Crippen molar-refractivity contribution in [1.29, 1.82) is 0 Å². The Morgan fingerprint density at radius 2 is 1.77 bits per heavy atom. The number of fused-ring (bicyclic) bond motifs is 2. The molecular formula is C39H45N7O7. The molecule has 14 heteroatoms. The summed E-state index contributed by atoms with van der Waals surface area (Å²) in [7, 11) is 3.03. The summed E-state index contributed by atoms with van der Waals surface area (Å²) in [6.45, 7) is 7.02. The minimum atomic E-state index is -1.25. The van der Waals surface area contributed by atoms with Gasteiger partial charge in [-0.15, -0.1) is 0 Å². The number of hydrogen-bond donors (Lipinski definition) is 3. The van der Waals surface area contributed by atoms with Gasteiger partial charge in [0, 0.05) is 48.8 Å².